The summed E-state index contributed by atoms with van der Waals surface area (Å²) in [6.45, 7) is 5.01. The molecule has 12 heavy (non-hydrogen) atoms. The molecular weight excluding hydrogens is 156 g/mol. The second-order valence-corrected chi connectivity index (χ2v) is 2.06. The number of rotatable bonds is 4. The molecule has 0 aliphatic carbocycles. The van der Waals surface area contributed by atoms with Crippen molar-refractivity contribution in [1.82, 2.24) is 9.97 Å². The third-order valence-corrected chi connectivity index (χ3v) is 1.20. The molecular formula is C8H12N2O2. The van der Waals surface area contributed by atoms with E-state index in [4.69, 9.17) is 9.47 Å². The molecule has 0 radical (unpaired) electrons. The molecule has 0 aliphatic rings. The van der Waals surface area contributed by atoms with E-state index in [9.17, 15) is 0 Å². The van der Waals surface area contributed by atoms with Crippen LogP contribution in [0.5, 0.6) is 11.8 Å². The van der Waals surface area contributed by atoms with Crippen LogP contribution in [-0.2, 0) is 0 Å². The van der Waals surface area contributed by atoms with Gasteiger partial charge in [0.05, 0.1) is 19.3 Å². The number of hydrogen-bond donors (Lipinski definition) is 0. The van der Waals surface area contributed by atoms with Crippen LogP contribution in [0, 0.1) is 0 Å². The van der Waals surface area contributed by atoms with Crippen molar-refractivity contribution >= 4 is 0 Å². The fourth-order valence-corrected chi connectivity index (χ4v) is 0.776. The SMILES string of the molecule is CCOc1cc(OCC)ncn1. The average Bonchev–Trinajstić information content (AvgIpc) is 2.06. The molecule has 1 heterocycles. The van der Waals surface area contributed by atoms with E-state index in [1.165, 1.54) is 6.33 Å². The third-order valence-electron chi connectivity index (χ3n) is 1.20. The molecule has 0 N–H and O–H groups in total. The van der Waals surface area contributed by atoms with E-state index in [0.717, 1.165) is 0 Å². The Morgan fingerprint density at radius 1 is 1.08 bits per heavy atom. The van der Waals surface area contributed by atoms with E-state index < -0.39 is 0 Å². The lowest BCUT2D eigenvalue weighted by atomic mass is 10.6. The first kappa shape index (κ1) is 8.77. The second kappa shape index (κ2) is 4.54. The number of ether oxygens (including phenoxy) is 2. The van der Waals surface area contributed by atoms with E-state index >= 15 is 0 Å². The number of hydrogen-bond acceptors (Lipinski definition) is 4. The molecule has 4 heteroatoms. The van der Waals surface area contributed by atoms with E-state index in [1.807, 2.05) is 13.8 Å². The predicted octanol–water partition coefficient (Wildman–Crippen LogP) is 1.27. The largest absolute Gasteiger partial charge is 0.478 e. The molecule has 0 spiro atoms. The van der Waals surface area contributed by atoms with Gasteiger partial charge in [-0.2, -0.15) is 0 Å². The second-order valence-electron chi connectivity index (χ2n) is 2.06. The Kier molecular flexibility index (Phi) is 3.32. The molecule has 0 fully saturated rings. The van der Waals surface area contributed by atoms with Crippen molar-refractivity contribution in [3.63, 3.8) is 0 Å². The Labute approximate surface area is 71.6 Å². The lowest BCUT2D eigenvalue weighted by Gasteiger charge is -2.03. The summed E-state index contributed by atoms with van der Waals surface area (Å²) in [6.07, 6.45) is 1.43. The fraction of sp³-hybridized carbons (Fsp3) is 0.500. The van der Waals surface area contributed by atoms with E-state index in [2.05, 4.69) is 9.97 Å². The van der Waals surface area contributed by atoms with Gasteiger partial charge in [0, 0.05) is 0 Å². The molecule has 66 valence electrons. The minimum absolute atomic E-state index is 0.552. The quantitative estimate of drug-likeness (QED) is 0.679. The highest BCUT2D eigenvalue weighted by molar-refractivity contribution is 5.17. The minimum atomic E-state index is 0.552. The van der Waals surface area contributed by atoms with Gasteiger partial charge in [0.2, 0.25) is 11.8 Å². The standard InChI is InChI=1S/C8H12N2O2/c1-3-11-7-5-8(12-4-2)10-6-9-7/h5-6H,3-4H2,1-2H3. The Hall–Kier alpha value is -1.32. The van der Waals surface area contributed by atoms with Crippen LogP contribution in [0.4, 0.5) is 0 Å². The van der Waals surface area contributed by atoms with Gasteiger partial charge < -0.3 is 9.47 Å². The summed E-state index contributed by atoms with van der Waals surface area (Å²) in [6, 6.07) is 1.67. The van der Waals surface area contributed by atoms with Crippen molar-refractivity contribution in [1.29, 1.82) is 0 Å². The molecule has 0 atom stereocenters. The normalized spacial score (nSPS) is 9.50. The molecule has 1 aromatic heterocycles. The van der Waals surface area contributed by atoms with Crippen LogP contribution in [0.1, 0.15) is 13.8 Å². The molecule has 4 nitrogen and oxygen atoms in total. The van der Waals surface area contributed by atoms with Gasteiger partial charge in [0.1, 0.15) is 6.33 Å². The maximum absolute atomic E-state index is 5.16. The van der Waals surface area contributed by atoms with Crippen molar-refractivity contribution in [2.24, 2.45) is 0 Å². The van der Waals surface area contributed by atoms with Crippen LogP contribution in [0.25, 0.3) is 0 Å². The molecule has 1 rings (SSSR count). The summed E-state index contributed by atoms with van der Waals surface area (Å²) in [5.74, 6) is 1.10. The van der Waals surface area contributed by atoms with Crippen LogP contribution < -0.4 is 9.47 Å². The summed E-state index contributed by atoms with van der Waals surface area (Å²) >= 11 is 0. The fourth-order valence-electron chi connectivity index (χ4n) is 0.776. The first-order chi connectivity index (χ1) is 5.86. The van der Waals surface area contributed by atoms with Gasteiger partial charge >= 0.3 is 0 Å². The molecule has 0 aliphatic heterocycles. The Morgan fingerprint density at radius 2 is 1.58 bits per heavy atom. The monoisotopic (exact) mass is 168 g/mol. The van der Waals surface area contributed by atoms with Gasteiger partial charge in [-0.05, 0) is 13.8 Å². The van der Waals surface area contributed by atoms with Crippen molar-refractivity contribution < 1.29 is 9.47 Å². The maximum atomic E-state index is 5.16. The Balaban J connectivity index is 2.67. The van der Waals surface area contributed by atoms with Crippen LogP contribution in [0.3, 0.4) is 0 Å². The zero-order chi connectivity index (χ0) is 8.81. The topological polar surface area (TPSA) is 44.2 Å². The predicted molar refractivity (Wildman–Crippen MR) is 44.4 cm³/mol. The van der Waals surface area contributed by atoms with Crippen LogP contribution in [0.2, 0.25) is 0 Å². The molecule has 0 saturated carbocycles. The minimum Gasteiger partial charge on any atom is -0.478 e. The lowest BCUT2D eigenvalue weighted by molar-refractivity contribution is 0.305. The van der Waals surface area contributed by atoms with Crippen LogP contribution in [-0.4, -0.2) is 23.2 Å². The van der Waals surface area contributed by atoms with Crippen LogP contribution in [0.15, 0.2) is 12.4 Å². The lowest BCUT2D eigenvalue weighted by Crippen LogP contribution is -1.98. The maximum Gasteiger partial charge on any atom is 0.220 e. The van der Waals surface area contributed by atoms with Crippen molar-refractivity contribution in [2.45, 2.75) is 13.8 Å². The van der Waals surface area contributed by atoms with E-state index in [0.29, 0.717) is 25.0 Å². The van der Waals surface area contributed by atoms with Crippen molar-refractivity contribution in [2.75, 3.05) is 13.2 Å². The molecule has 0 unspecified atom stereocenters. The van der Waals surface area contributed by atoms with E-state index in [-0.39, 0.29) is 0 Å². The highest BCUT2D eigenvalue weighted by Crippen LogP contribution is 2.12. The highest BCUT2D eigenvalue weighted by Gasteiger charge is 1.97. The van der Waals surface area contributed by atoms with Gasteiger partial charge in [-0.25, -0.2) is 9.97 Å². The van der Waals surface area contributed by atoms with Gasteiger partial charge in [-0.1, -0.05) is 0 Å². The Bertz CT molecular complexity index is 219. The average molecular weight is 168 g/mol. The van der Waals surface area contributed by atoms with Crippen LogP contribution >= 0.6 is 0 Å². The molecule has 0 aromatic carbocycles. The van der Waals surface area contributed by atoms with Gasteiger partial charge in [-0.3, -0.25) is 0 Å². The third kappa shape index (κ3) is 2.38. The van der Waals surface area contributed by atoms with E-state index in [1.54, 1.807) is 6.07 Å². The summed E-state index contributed by atoms with van der Waals surface area (Å²) in [4.78, 5) is 7.80. The molecule has 0 amide bonds. The smallest absolute Gasteiger partial charge is 0.220 e. The summed E-state index contributed by atoms with van der Waals surface area (Å²) in [5.41, 5.74) is 0. The number of aromatic nitrogens is 2. The number of nitrogens with zero attached hydrogens (tertiary/aromatic N) is 2. The van der Waals surface area contributed by atoms with Gasteiger partial charge in [-0.15, -0.1) is 0 Å². The summed E-state index contributed by atoms with van der Waals surface area (Å²) in [7, 11) is 0. The first-order valence-electron chi connectivity index (χ1n) is 3.94. The van der Waals surface area contributed by atoms with Crippen molar-refractivity contribution in [3.05, 3.63) is 12.4 Å². The zero-order valence-electron chi connectivity index (χ0n) is 7.28. The molecule has 0 bridgehead atoms. The van der Waals surface area contributed by atoms with Gasteiger partial charge in [0.25, 0.3) is 0 Å². The van der Waals surface area contributed by atoms with Crippen molar-refractivity contribution in [3.8, 4) is 11.8 Å². The first-order valence-corrected chi connectivity index (χ1v) is 3.94. The molecule has 0 saturated heterocycles. The summed E-state index contributed by atoms with van der Waals surface area (Å²) in [5, 5.41) is 0. The van der Waals surface area contributed by atoms with Gasteiger partial charge in [0.15, 0.2) is 0 Å². The Morgan fingerprint density at radius 3 is 2.00 bits per heavy atom. The molecule has 1 aromatic rings. The zero-order valence-corrected chi connectivity index (χ0v) is 7.28. The highest BCUT2D eigenvalue weighted by atomic mass is 16.5. The summed E-state index contributed by atoms with van der Waals surface area (Å²) < 4.78 is 10.3.